The Balaban J connectivity index is 1.57. The van der Waals surface area contributed by atoms with Crippen LogP contribution >= 0.6 is 0 Å². The molecule has 1 fully saturated rings. The molecule has 27 heavy (non-hydrogen) atoms. The van der Waals surface area contributed by atoms with Crippen LogP contribution in [0.2, 0.25) is 0 Å². The number of hydrogen-bond acceptors (Lipinski definition) is 7. The zero-order valence-electron chi connectivity index (χ0n) is 15.4. The fourth-order valence-corrected chi connectivity index (χ4v) is 3.44. The van der Waals surface area contributed by atoms with Gasteiger partial charge in [0.15, 0.2) is 0 Å². The van der Waals surface area contributed by atoms with Crippen LogP contribution in [-0.2, 0) is 17.7 Å². The predicted octanol–water partition coefficient (Wildman–Crippen LogP) is 2.11. The summed E-state index contributed by atoms with van der Waals surface area (Å²) in [6.07, 6.45) is 3.20. The average molecular weight is 368 g/mol. The van der Waals surface area contributed by atoms with E-state index in [1.807, 2.05) is 18.2 Å². The van der Waals surface area contributed by atoms with Crippen LogP contribution in [0.5, 0.6) is 0 Å². The van der Waals surface area contributed by atoms with Crippen molar-refractivity contribution >= 4 is 17.7 Å². The third kappa shape index (κ3) is 3.88. The highest BCUT2D eigenvalue weighted by Crippen LogP contribution is 2.40. The van der Waals surface area contributed by atoms with Gasteiger partial charge < -0.3 is 20.1 Å². The average Bonchev–Trinajstić information content (AvgIpc) is 3.56. The van der Waals surface area contributed by atoms with E-state index in [0.29, 0.717) is 24.0 Å². The highest BCUT2D eigenvalue weighted by molar-refractivity contribution is 5.89. The number of fused-ring (bicyclic) bond motifs is 1. The summed E-state index contributed by atoms with van der Waals surface area (Å²) in [6.45, 7) is 2.06. The molecule has 0 saturated heterocycles. The van der Waals surface area contributed by atoms with E-state index in [4.69, 9.17) is 9.84 Å². The van der Waals surface area contributed by atoms with Crippen LogP contribution in [0.1, 0.15) is 45.9 Å². The molecule has 4 rings (SSSR count). The lowest BCUT2D eigenvalue weighted by Crippen LogP contribution is -2.31. The Labute approximate surface area is 158 Å². The number of nitrogens with one attached hydrogen (secondary N) is 1. The van der Waals surface area contributed by atoms with Gasteiger partial charge in [-0.2, -0.15) is 4.98 Å². The van der Waals surface area contributed by atoms with Gasteiger partial charge in [-0.05, 0) is 42.5 Å². The summed E-state index contributed by atoms with van der Waals surface area (Å²) in [4.78, 5) is 23.2. The van der Waals surface area contributed by atoms with Gasteiger partial charge in [-0.25, -0.2) is 9.78 Å². The normalized spacial score (nSPS) is 16.0. The third-order valence-electron chi connectivity index (χ3n) is 5.09. The van der Waals surface area contributed by atoms with E-state index in [1.165, 1.54) is 31.1 Å². The quantitative estimate of drug-likeness (QED) is 0.755. The molecule has 1 aliphatic heterocycles. The second kappa shape index (κ2) is 7.52. The number of aliphatic hydroxyl groups excluding tert-OH is 1. The fourth-order valence-electron chi connectivity index (χ4n) is 3.44. The van der Waals surface area contributed by atoms with E-state index in [9.17, 15) is 4.79 Å². The van der Waals surface area contributed by atoms with Crippen molar-refractivity contribution in [2.45, 2.75) is 31.7 Å². The fraction of sp³-hybridized carbons (Fsp3) is 0.450. The molecule has 1 aromatic carbocycles. The summed E-state index contributed by atoms with van der Waals surface area (Å²) >= 11 is 0. The Morgan fingerprint density at radius 3 is 2.89 bits per heavy atom. The van der Waals surface area contributed by atoms with Crippen molar-refractivity contribution in [2.75, 3.05) is 37.0 Å². The lowest BCUT2D eigenvalue weighted by molar-refractivity contribution is 0.0600. The number of nitrogens with zero attached hydrogens (tertiary/aromatic N) is 3. The van der Waals surface area contributed by atoms with Crippen LogP contribution in [0.3, 0.4) is 0 Å². The van der Waals surface area contributed by atoms with Crippen molar-refractivity contribution in [3.8, 4) is 0 Å². The minimum Gasteiger partial charge on any atom is -0.465 e. The number of methoxy groups -OCH3 is 1. The highest BCUT2D eigenvalue weighted by Gasteiger charge is 2.27. The molecule has 2 aromatic rings. The van der Waals surface area contributed by atoms with Crippen molar-refractivity contribution in [1.82, 2.24) is 9.97 Å². The van der Waals surface area contributed by atoms with Gasteiger partial charge in [-0.1, -0.05) is 6.07 Å². The number of aliphatic hydroxyl groups is 1. The summed E-state index contributed by atoms with van der Waals surface area (Å²) in [6, 6.07) is 7.84. The largest absolute Gasteiger partial charge is 0.465 e. The van der Waals surface area contributed by atoms with E-state index in [2.05, 4.69) is 26.3 Å². The maximum atomic E-state index is 11.7. The third-order valence-corrected chi connectivity index (χ3v) is 5.09. The van der Waals surface area contributed by atoms with Crippen LogP contribution in [0, 0.1) is 0 Å². The lowest BCUT2D eigenvalue weighted by atomic mass is 9.97. The Morgan fingerprint density at radius 2 is 2.15 bits per heavy atom. The molecule has 2 heterocycles. The Bertz CT molecular complexity index is 851. The number of aromatic nitrogens is 2. The zero-order valence-corrected chi connectivity index (χ0v) is 15.4. The number of rotatable bonds is 6. The van der Waals surface area contributed by atoms with Crippen molar-refractivity contribution in [3.05, 3.63) is 46.6 Å². The molecule has 0 spiro atoms. The van der Waals surface area contributed by atoms with Crippen LogP contribution in [0.4, 0.5) is 11.8 Å². The first-order chi connectivity index (χ1) is 13.2. The van der Waals surface area contributed by atoms with E-state index >= 15 is 0 Å². The topological polar surface area (TPSA) is 87.6 Å². The molecule has 7 nitrogen and oxygen atoms in total. The molecule has 0 unspecified atom stereocenters. The standard InChI is InChI=1S/C20H24N4O3/c1-27-19(26)15-4-5-16-12-24(8-6-14(16)10-15)18-11-17(13-2-3-13)22-20(23-18)21-7-9-25/h4-5,10-11,13,25H,2-3,6-9,12H2,1H3,(H,21,22,23). The van der Waals surface area contributed by atoms with Gasteiger partial charge in [-0.3, -0.25) is 0 Å². The SMILES string of the molecule is COC(=O)c1ccc2c(c1)CCN(c1cc(C3CC3)nc(NCCO)n1)C2. The molecule has 0 atom stereocenters. The highest BCUT2D eigenvalue weighted by atomic mass is 16.5. The smallest absolute Gasteiger partial charge is 0.337 e. The summed E-state index contributed by atoms with van der Waals surface area (Å²) in [5, 5.41) is 12.2. The lowest BCUT2D eigenvalue weighted by Gasteiger charge is -2.30. The van der Waals surface area contributed by atoms with Gasteiger partial charge in [0.1, 0.15) is 5.82 Å². The van der Waals surface area contributed by atoms with E-state index in [1.54, 1.807) is 0 Å². The van der Waals surface area contributed by atoms with Crippen LogP contribution in [0.25, 0.3) is 0 Å². The second-order valence-corrected chi connectivity index (χ2v) is 7.05. The summed E-state index contributed by atoms with van der Waals surface area (Å²) in [5.74, 6) is 1.72. The van der Waals surface area contributed by atoms with Gasteiger partial charge in [0.05, 0.1) is 25.0 Å². The van der Waals surface area contributed by atoms with E-state index in [-0.39, 0.29) is 12.6 Å². The Morgan fingerprint density at radius 1 is 1.30 bits per heavy atom. The first-order valence-electron chi connectivity index (χ1n) is 9.36. The molecule has 7 heteroatoms. The number of esters is 1. The molecule has 0 bridgehead atoms. The van der Waals surface area contributed by atoms with Gasteiger partial charge in [0.25, 0.3) is 0 Å². The minimum absolute atomic E-state index is 0.0476. The number of carbonyl (C=O) groups is 1. The van der Waals surface area contributed by atoms with Gasteiger partial charge in [-0.15, -0.1) is 0 Å². The molecule has 1 aromatic heterocycles. The molecule has 1 saturated carbocycles. The van der Waals surface area contributed by atoms with Gasteiger partial charge in [0, 0.05) is 31.6 Å². The van der Waals surface area contributed by atoms with Crippen molar-refractivity contribution in [1.29, 1.82) is 0 Å². The molecule has 2 N–H and O–H groups in total. The Hall–Kier alpha value is -2.67. The van der Waals surface area contributed by atoms with Crippen LogP contribution in [0.15, 0.2) is 24.3 Å². The van der Waals surface area contributed by atoms with E-state index < -0.39 is 0 Å². The number of hydrogen-bond donors (Lipinski definition) is 2. The molecule has 0 radical (unpaired) electrons. The summed E-state index contributed by atoms with van der Waals surface area (Å²) < 4.78 is 4.81. The molecule has 1 aliphatic carbocycles. The monoisotopic (exact) mass is 368 g/mol. The first kappa shape index (κ1) is 17.7. The minimum atomic E-state index is -0.301. The molecule has 2 aliphatic rings. The number of carbonyl (C=O) groups excluding carboxylic acids is 1. The van der Waals surface area contributed by atoms with Crippen LogP contribution < -0.4 is 10.2 Å². The van der Waals surface area contributed by atoms with Gasteiger partial charge in [0.2, 0.25) is 5.95 Å². The number of anilines is 2. The van der Waals surface area contributed by atoms with Crippen molar-refractivity contribution < 1.29 is 14.6 Å². The molecular weight excluding hydrogens is 344 g/mol. The zero-order chi connectivity index (χ0) is 18.8. The molecule has 142 valence electrons. The number of ether oxygens (including phenoxy) is 1. The predicted molar refractivity (Wildman–Crippen MR) is 102 cm³/mol. The van der Waals surface area contributed by atoms with Crippen molar-refractivity contribution in [3.63, 3.8) is 0 Å². The maximum absolute atomic E-state index is 11.7. The maximum Gasteiger partial charge on any atom is 0.337 e. The first-order valence-corrected chi connectivity index (χ1v) is 9.36. The van der Waals surface area contributed by atoms with Crippen molar-refractivity contribution in [2.24, 2.45) is 0 Å². The second-order valence-electron chi connectivity index (χ2n) is 7.05. The van der Waals surface area contributed by atoms with E-state index in [0.717, 1.165) is 31.0 Å². The number of benzene rings is 1. The Kier molecular flexibility index (Phi) is 4.94. The molecule has 0 amide bonds. The summed E-state index contributed by atoms with van der Waals surface area (Å²) in [5.41, 5.74) is 4.06. The van der Waals surface area contributed by atoms with Crippen LogP contribution in [-0.4, -0.2) is 47.8 Å². The van der Waals surface area contributed by atoms with Gasteiger partial charge >= 0.3 is 5.97 Å². The molecular formula is C20H24N4O3. The summed E-state index contributed by atoms with van der Waals surface area (Å²) in [7, 11) is 1.40.